The topological polar surface area (TPSA) is 48.1 Å². The van der Waals surface area contributed by atoms with E-state index in [0.717, 1.165) is 36.5 Å². The average molecular weight is 370 g/mol. The number of likely N-dealkylation sites (N-methyl/N-ethyl adjacent to an activating group) is 1. The van der Waals surface area contributed by atoms with Crippen LogP contribution in [0.2, 0.25) is 5.28 Å². The third-order valence-electron chi connectivity index (χ3n) is 5.45. The Hall–Kier alpha value is -2.11. The molecule has 0 amide bonds. The van der Waals surface area contributed by atoms with Crippen molar-refractivity contribution in [3.05, 3.63) is 53.4 Å². The number of fused-ring (bicyclic) bond motifs is 1. The number of hydrogen-bond donors (Lipinski definition) is 1. The first kappa shape index (κ1) is 17.3. The number of halogens is 1. The van der Waals surface area contributed by atoms with Gasteiger partial charge in [0.15, 0.2) is 0 Å². The number of anilines is 1. The summed E-state index contributed by atoms with van der Waals surface area (Å²) in [5, 5.41) is 1.30. The van der Waals surface area contributed by atoms with Crippen LogP contribution in [-0.2, 0) is 6.54 Å². The van der Waals surface area contributed by atoms with Crippen molar-refractivity contribution in [2.24, 2.45) is 5.92 Å². The molecule has 5 nitrogen and oxygen atoms in total. The van der Waals surface area contributed by atoms with Gasteiger partial charge in [0.2, 0.25) is 5.28 Å². The first-order valence-corrected chi connectivity index (χ1v) is 9.49. The van der Waals surface area contributed by atoms with Crippen molar-refractivity contribution in [3.63, 3.8) is 0 Å². The fourth-order valence-electron chi connectivity index (χ4n) is 3.93. The first-order chi connectivity index (χ1) is 12.6. The van der Waals surface area contributed by atoms with Crippen LogP contribution in [0, 0.1) is 5.92 Å². The molecule has 3 heterocycles. The SMILES string of the molecule is CC1CCN(Cc2ccccc2)CC1N(C)c1nc(Cl)nc2[nH]ccc12. The maximum Gasteiger partial charge on any atom is 0.226 e. The number of rotatable bonds is 4. The van der Waals surface area contributed by atoms with Crippen molar-refractivity contribution >= 4 is 28.5 Å². The Bertz CT molecular complexity index is 878. The van der Waals surface area contributed by atoms with Gasteiger partial charge in [-0.1, -0.05) is 37.3 Å². The van der Waals surface area contributed by atoms with Gasteiger partial charge in [-0.15, -0.1) is 0 Å². The second kappa shape index (κ2) is 7.25. The summed E-state index contributed by atoms with van der Waals surface area (Å²) in [6.07, 6.45) is 3.07. The summed E-state index contributed by atoms with van der Waals surface area (Å²) in [4.78, 5) is 16.8. The lowest BCUT2D eigenvalue weighted by atomic mass is 9.92. The molecule has 0 saturated carbocycles. The van der Waals surface area contributed by atoms with Gasteiger partial charge >= 0.3 is 0 Å². The Morgan fingerprint density at radius 2 is 2.04 bits per heavy atom. The van der Waals surface area contributed by atoms with E-state index in [0.29, 0.717) is 12.0 Å². The van der Waals surface area contributed by atoms with Gasteiger partial charge in [-0.3, -0.25) is 4.90 Å². The van der Waals surface area contributed by atoms with Crippen molar-refractivity contribution in [2.45, 2.75) is 25.9 Å². The number of piperidine rings is 1. The molecule has 6 heteroatoms. The van der Waals surface area contributed by atoms with E-state index in [1.165, 1.54) is 12.0 Å². The van der Waals surface area contributed by atoms with Crippen molar-refractivity contribution in [2.75, 3.05) is 25.0 Å². The zero-order valence-electron chi connectivity index (χ0n) is 15.2. The van der Waals surface area contributed by atoms with E-state index >= 15 is 0 Å². The van der Waals surface area contributed by atoms with Crippen molar-refractivity contribution in [1.82, 2.24) is 19.9 Å². The molecule has 0 radical (unpaired) electrons. The normalized spacial score (nSPS) is 21.2. The summed E-state index contributed by atoms with van der Waals surface area (Å²) in [7, 11) is 2.12. The molecule has 0 bridgehead atoms. The number of hydrogen-bond acceptors (Lipinski definition) is 4. The molecule has 2 aromatic heterocycles. The van der Waals surface area contributed by atoms with Crippen LogP contribution >= 0.6 is 11.6 Å². The molecular formula is C20H24ClN5. The lowest BCUT2D eigenvalue weighted by Gasteiger charge is -2.42. The molecule has 3 aromatic rings. The molecule has 2 atom stereocenters. The molecule has 1 aliphatic rings. The zero-order chi connectivity index (χ0) is 18.1. The largest absolute Gasteiger partial charge is 0.354 e. The van der Waals surface area contributed by atoms with E-state index in [9.17, 15) is 0 Å². The molecule has 1 saturated heterocycles. The highest BCUT2D eigenvalue weighted by Gasteiger charge is 2.31. The van der Waals surface area contributed by atoms with Crippen LogP contribution in [0.3, 0.4) is 0 Å². The minimum absolute atomic E-state index is 0.284. The van der Waals surface area contributed by atoms with E-state index in [-0.39, 0.29) is 5.28 Å². The summed E-state index contributed by atoms with van der Waals surface area (Å²) in [5.74, 6) is 1.49. The first-order valence-electron chi connectivity index (χ1n) is 9.11. The Labute approximate surface area is 159 Å². The zero-order valence-corrected chi connectivity index (χ0v) is 15.9. The second-order valence-electron chi connectivity index (χ2n) is 7.22. The molecule has 1 fully saturated rings. The summed E-state index contributed by atoms with van der Waals surface area (Å²) in [5.41, 5.74) is 2.15. The van der Waals surface area contributed by atoms with Gasteiger partial charge in [0.05, 0.1) is 5.39 Å². The second-order valence-corrected chi connectivity index (χ2v) is 7.56. The van der Waals surface area contributed by atoms with Crippen LogP contribution in [0.15, 0.2) is 42.6 Å². The van der Waals surface area contributed by atoms with E-state index < -0.39 is 0 Å². The monoisotopic (exact) mass is 369 g/mol. The lowest BCUT2D eigenvalue weighted by Crippen LogP contribution is -2.50. The number of aromatic amines is 1. The van der Waals surface area contributed by atoms with Crippen LogP contribution in [0.25, 0.3) is 11.0 Å². The summed E-state index contributed by atoms with van der Waals surface area (Å²) < 4.78 is 0. The number of H-pyrrole nitrogens is 1. The Morgan fingerprint density at radius 1 is 1.23 bits per heavy atom. The predicted molar refractivity (Wildman–Crippen MR) is 107 cm³/mol. The van der Waals surface area contributed by atoms with E-state index in [1.807, 2.05) is 12.3 Å². The summed E-state index contributed by atoms with van der Waals surface area (Å²) in [6.45, 7) is 5.46. The number of nitrogens with one attached hydrogen (secondary N) is 1. The molecule has 2 unspecified atom stereocenters. The van der Waals surface area contributed by atoms with Crippen LogP contribution in [-0.4, -0.2) is 46.0 Å². The molecule has 0 spiro atoms. The van der Waals surface area contributed by atoms with E-state index in [4.69, 9.17) is 11.6 Å². The van der Waals surface area contributed by atoms with E-state index in [1.54, 1.807) is 0 Å². The van der Waals surface area contributed by atoms with Gasteiger partial charge in [-0.2, -0.15) is 9.97 Å². The molecule has 1 N–H and O–H groups in total. The van der Waals surface area contributed by atoms with Crippen LogP contribution in [0.5, 0.6) is 0 Å². The van der Waals surface area contributed by atoms with E-state index in [2.05, 4.69) is 69.1 Å². The molecule has 1 aliphatic heterocycles. The standard InChI is InChI=1S/C20H24ClN5/c1-14-9-11-26(12-15-6-4-3-5-7-15)13-17(14)25(2)19-16-8-10-22-18(16)23-20(21)24-19/h3-8,10,14,17H,9,11-13H2,1-2H3,(H,22,23,24). The Morgan fingerprint density at radius 3 is 2.85 bits per heavy atom. The quantitative estimate of drug-likeness (QED) is 0.707. The predicted octanol–water partition coefficient (Wildman–Crippen LogP) is 3.96. The maximum absolute atomic E-state index is 6.16. The lowest BCUT2D eigenvalue weighted by molar-refractivity contribution is 0.159. The van der Waals surface area contributed by atoms with Crippen molar-refractivity contribution in [1.29, 1.82) is 0 Å². The summed E-state index contributed by atoms with van der Waals surface area (Å²) >= 11 is 6.16. The van der Waals surface area contributed by atoms with Crippen LogP contribution in [0.1, 0.15) is 18.9 Å². The van der Waals surface area contributed by atoms with Gasteiger partial charge in [-0.05, 0) is 42.1 Å². The smallest absolute Gasteiger partial charge is 0.226 e. The highest BCUT2D eigenvalue weighted by molar-refractivity contribution is 6.28. The number of likely N-dealkylation sites (tertiary alicyclic amines) is 1. The van der Waals surface area contributed by atoms with Gasteiger partial charge < -0.3 is 9.88 Å². The fraction of sp³-hybridized carbons (Fsp3) is 0.400. The highest BCUT2D eigenvalue weighted by atomic mass is 35.5. The van der Waals surface area contributed by atoms with Gasteiger partial charge in [0.25, 0.3) is 0 Å². The third kappa shape index (κ3) is 3.41. The minimum atomic E-state index is 0.284. The van der Waals surface area contributed by atoms with Crippen molar-refractivity contribution in [3.8, 4) is 0 Å². The van der Waals surface area contributed by atoms with Gasteiger partial charge in [-0.25, -0.2) is 0 Å². The molecule has 0 aliphatic carbocycles. The summed E-state index contributed by atoms with van der Waals surface area (Å²) in [6, 6.07) is 13.1. The number of nitrogens with zero attached hydrogens (tertiary/aromatic N) is 4. The molecule has 136 valence electrons. The van der Waals surface area contributed by atoms with Gasteiger partial charge in [0.1, 0.15) is 11.5 Å². The highest BCUT2D eigenvalue weighted by Crippen LogP contribution is 2.30. The maximum atomic E-state index is 6.16. The van der Waals surface area contributed by atoms with Crippen molar-refractivity contribution < 1.29 is 0 Å². The average Bonchev–Trinajstić information content (AvgIpc) is 3.11. The molecule has 4 rings (SSSR count). The third-order valence-corrected chi connectivity index (χ3v) is 5.62. The van der Waals surface area contributed by atoms with Gasteiger partial charge in [0, 0.05) is 32.4 Å². The van der Waals surface area contributed by atoms with Crippen LogP contribution < -0.4 is 4.90 Å². The molecular weight excluding hydrogens is 346 g/mol. The molecule has 1 aromatic carbocycles. The number of aromatic nitrogens is 3. The fourth-order valence-corrected chi connectivity index (χ4v) is 4.09. The van der Waals surface area contributed by atoms with Crippen LogP contribution in [0.4, 0.5) is 5.82 Å². The molecule has 26 heavy (non-hydrogen) atoms. The Kier molecular flexibility index (Phi) is 4.83. The minimum Gasteiger partial charge on any atom is -0.354 e. The number of benzene rings is 1. The Balaban J connectivity index is 1.57.